The van der Waals surface area contributed by atoms with Crippen molar-refractivity contribution in [2.45, 2.75) is 59.1 Å². The molecule has 186 valence electrons. The molecule has 1 saturated carbocycles. The second-order valence-corrected chi connectivity index (χ2v) is 9.78. The van der Waals surface area contributed by atoms with Gasteiger partial charge < -0.3 is 14.6 Å². The van der Waals surface area contributed by atoms with Crippen LogP contribution in [0.5, 0.6) is 5.75 Å². The summed E-state index contributed by atoms with van der Waals surface area (Å²) in [6.45, 7) is 4.47. The lowest BCUT2D eigenvalue weighted by Gasteiger charge is -2.21. The molecule has 0 atom stereocenters. The number of pyridine rings is 2. The number of hydrogen-bond acceptors (Lipinski definition) is 6. The van der Waals surface area contributed by atoms with Gasteiger partial charge >= 0.3 is 0 Å². The average Bonchev–Trinajstić information content (AvgIpc) is 3.32. The number of benzene rings is 1. The van der Waals surface area contributed by atoms with Crippen LogP contribution in [0.3, 0.4) is 0 Å². The Hall–Kier alpha value is -3.45. The van der Waals surface area contributed by atoms with Gasteiger partial charge in [-0.25, -0.2) is 4.98 Å². The number of amides is 1. The van der Waals surface area contributed by atoms with Crippen molar-refractivity contribution in [1.82, 2.24) is 20.4 Å². The molecule has 36 heavy (non-hydrogen) atoms. The topological polar surface area (TPSA) is 90.1 Å². The number of aromatic nitrogens is 3. The molecular formula is C28H29ClN4O3. The van der Waals surface area contributed by atoms with Crippen LogP contribution in [0.4, 0.5) is 0 Å². The first-order chi connectivity index (χ1) is 17.5. The van der Waals surface area contributed by atoms with E-state index in [9.17, 15) is 4.79 Å². The van der Waals surface area contributed by atoms with E-state index >= 15 is 0 Å². The molecule has 4 aromatic rings. The maximum absolute atomic E-state index is 12.7. The van der Waals surface area contributed by atoms with E-state index in [1.165, 1.54) is 6.42 Å². The molecule has 8 heteroatoms. The largest absolute Gasteiger partial charge is 0.487 e. The predicted molar refractivity (Wildman–Crippen MR) is 139 cm³/mol. The first kappa shape index (κ1) is 24.3. The van der Waals surface area contributed by atoms with Gasteiger partial charge in [0.2, 0.25) is 5.91 Å². The minimum Gasteiger partial charge on any atom is -0.487 e. The lowest BCUT2D eigenvalue weighted by atomic mass is 9.88. The summed E-state index contributed by atoms with van der Waals surface area (Å²) < 4.78 is 11.5. The second-order valence-electron chi connectivity index (χ2n) is 9.38. The van der Waals surface area contributed by atoms with Crippen LogP contribution < -0.4 is 10.1 Å². The van der Waals surface area contributed by atoms with Crippen molar-refractivity contribution in [3.8, 4) is 16.9 Å². The van der Waals surface area contributed by atoms with Gasteiger partial charge in [-0.2, -0.15) is 0 Å². The van der Waals surface area contributed by atoms with E-state index in [0.717, 1.165) is 70.2 Å². The van der Waals surface area contributed by atoms with Crippen molar-refractivity contribution in [3.63, 3.8) is 0 Å². The highest BCUT2D eigenvalue weighted by Gasteiger charge is 2.21. The van der Waals surface area contributed by atoms with Crippen molar-refractivity contribution < 1.29 is 14.1 Å². The normalized spacial score (nSPS) is 14.2. The third-order valence-electron chi connectivity index (χ3n) is 6.87. The van der Waals surface area contributed by atoms with E-state index in [1.807, 2.05) is 38.1 Å². The monoisotopic (exact) mass is 504 g/mol. The molecule has 7 nitrogen and oxygen atoms in total. The fourth-order valence-corrected chi connectivity index (χ4v) is 5.13. The Bertz CT molecular complexity index is 1400. The highest BCUT2D eigenvalue weighted by atomic mass is 35.5. The molecule has 1 aromatic carbocycles. The predicted octanol–water partition coefficient (Wildman–Crippen LogP) is 6.33. The molecule has 3 heterocycles. The molecule has 1 N–H and O–H groups in total. The summed E-state index contributed by atoms with van der Waals surface area (Å²) >= 11 is 6.53. The van der Waals surface area contributed by atoms with Crippen LogP contribution >= 0.6 is 11.6 Å². The van der Waals surface area contributed by atoms with Crippen LogP contribution in [0.15, 0.2) is 47.4 Å². The van der Waals surface area contributed by atoms with Gasteiger partial charge in [0.05, 0.1) is 10.7 Å². The van der Waals surface area contributed by atoms with Gasteiger partial charge in [0.1, 0.15) is 24.1 Å². The molecule has 0 bridgehead atoms. The number of halogens is 1. The number of carbonyl (C=O) groups is 1. The number of hydrogen-bond donors (Lipinski definition) is 1. The molecule has 0 spiro atoms. The highest BCUT2D eigenvalue weighted by molar-refractivity contribution is 6.31. The van der Waals surface area contributed by atoms with Gasteiger partial charge in [-0.3, -0.25) is 9.78 Å². The summed E-state index contributed by atoms with van der Waals surface area (Å²) in [5, 5.41) is 8.56. The third kappa shape index (κ3) is 5.07. The van der Waals surface area contributed by atoms with Gasteiger partial charge in [-0.1, -0.05) is 48.2 Å². The lowest BCUT2D eigenvalue weighted by Crippen LogP contribution is -2.31. The molecule has 1 fully saturated rings. The number of para-hydroxylation sites is 1. The first-order valence-electron chi connectivity index (χ1n) is 12.3. The maximum Gasteiger partial charge on any atom is 0.223 e. The van der Waals surface area contributed by atoms with Crippen LogP contribution in [0.1, 0.15) is 54.6 Å². The molecule has 3 aromatic heterocycles. The fourth-order valence-electron chi connectivity index (χ4n) is 4.90. The Kier molecular flexibility index (Phi) is 7.18. The van der Waals surface area contributed by atoms with E-state index in [1.54, 1.807) is 18.7 Å². The van der Waals surface area contributed by atoms with Crippen molar-refractivity contribution in [2.24, 2.45) is 5.92 Å². The minimum absolute atomic E-state index is 0.0962. The first-order valence-corrected chi connectivity index (χ1v) is 12.7. The van der Waals surface area contributed by atoms with Gasteiger partial charge in [0, 0.05) is 47.1 Å². The average molecular weight is 505 g/mol. The second kappa shape index (κ2) is 10.7. The van der Waals surface area contributed by atoms with E-state index in [4.69, 9.17) is 25.8 Å². The number of ether oxygens (including phenoxy) is 1. The number of carbonyl (C=O) groups excluding carboxylic acids is 1. The summed E-state index contributed by atoms with van der Waals surface area (Å²) in [7, 11) is 0. The van der Waals surface area contributed by atoms with Gasteiger partial charge in [0.25, 0.3) is 0 Å². The van der Waals surface area contributed by atoms with E-state index in [-0.39, 0.29) is 18.4 Å². The highest BCUT2D eigenvalue weighted by Crippen LogP contribution is 2.35. The number of fused-ring (bicyclic) bond motifs is 1. The SMILES string of the molecule is Cc1cc(-c2conc2C)c2cccc(OCc3c(Cl)cncc3CNC(=O)C3CCCCC3)c2n1. The van der Waals surface area contributed by atoms with Crippen LogP contribution in [-0.4, -0.2) is 21.0 Å². The van der Waals surface area contributed by atoms with Crippen molar-refractivity contribution in [1.29, 1.82) is 0 Å². The van der Waals surface area contributed by atoms with Gasteiger partial charge in [-0.05, 0) is 49.9 Å². The number of nitrogens with zero attached hydrogens (tertiary/aromatic N) is 3. The summed E-state index contributed by atoms with van der Waals surface area (Å²) in [6.07, 6.45) is 10.4. The zero-order valence-electron chi connectivity index (χ0n) is 20.5. The van der Waals surface area contributed by atoms with Crippen molar-refractivity contribution >= 4 is 28.4 Å². The molecule has 1 aliphatic rings. The molecule has 0 aliphatic heterocycles. The van der Waals surface area contributed by atoms with Crippen molar-refractivity contribution in [2.75, 3.05) is 0 Å². The molecular weight excluding hydrogens is 476 g/mol. The fraction of sp³-hybridized carbons (Fsp3) is 0.357. The Balaban J connectivity index is 1.38. The zero-order valence-corrected chi connectivity index (χ0v) is 21.3. The third-order valence-corrected chi connectivity index (χ3v) is 7.19. The molecule has 1 amide bonds. The summed E-state index contributed by atoms with van der Waals surface area (Å²) in [5.74, 6) is 0.849. The lowest BCUT2D eigenvalue weighted by molar-refractivity contribution is -0.126. The Morgan fingerprint density at radius 3 is 2.78 bits per heavy atom. The number of nitrogens with one attached hydrogen (secondary N) is 1. The van der Waals surface area contributed by atoms with Crippen LogP contribution in [0, 0.1) is 19.8 Å². The van der Waals surface area contributed by atoms with E-state index in [0.29, 0.717) is 17.3 Å². The molecule has 0 unspecified atom stereocenters. The van der Waals surface area contributed by atoms with E-state index in [2.05, 4.69) is 15.5 Å². The quantitative estimate of drug-likeness (QED) is 0.316. The van der Waals surface area contributed by atoms with Crippen LogP contribution in [0.25, 0.3) is 22.0 Å². The summed E-state index contributed by atoms with van der Waals surface area (Å²) in [6, 6.07) is 7.89. The molecule has 0 saturated heterocycles. The van der Waals surface area contributed by atoms with Gasteiger partial charge in [-0.15, -0.1) is 0 Å². The Morgan fingerprint density at radius 2 is 2.00 bits per heavy atom. The smallest absolute Gasteiger partial charge is 0.223 e. The van der Waals surface area contributed by atoms with E-state index < -0.39 is 0 Å². The van der Waals surface area contributed by atoms with Crippen LogP contribution in [-0.2, 0) is 17.9 Å². The molecule has 1 aliphatic carbocycles. The minimum atomic E-state index is 0.0962. The number of rotatable bonds is 7. The van der Waals surface area contributed by atoms with Gasteiger partial charge in [0.15, 0.2) is 0 Å². The molecule has 0 radical (unpaired) electrons. The zero-order chi connectivity index (χ0) is 25.1. The Labute approximate surface area is 215 Å². The summed E-state index contributed by atoms with van der Waals surface area (Å²) in [5.41, 5.74) is 6.00. The maximum atomic E-state index is 12.7. The summed E-state index contributed by atoms with van der Waals surface area (Å²) in [4.78, 5) is 21.7. The molecule has 5 rings (SSSR count). The number of aryl methyl sites for hydroxylation is 2. The van der Waals surface area contributed by atoms with Crippen LogP contribution in [0.2, 0.25) is 5.02 Å². The van der Waals surface area contributed by atoms with Crippen molar-refractivity contribution in [3.05, 3.63) is 70.5 Å². The Morgan fingerprint density at radius 1 is 1.17 bits per heavy atom. The standard InChI is InChI=1S/C28H29ClN4O3/c1-17-11-22(23-16-36-33-18(23)2)21-9-6-10-26(27(21)32-17)35-15-24-20(12-30-14-25(24)29)13-31-28(34)19-7-4-3-5-8-19/h6,9-12,14,16,19H,3-5,7-8,13,15H2,1-2H3,(H,31,34).